The molecular formula is C25H24N6O3. The maximum Gasteiger partial charge on any atom is 0.320 e. The van der Waals surface area contributed by atoms with Gasteiger partial charge < -0.3 is 24.5 Å². The summed E-state index contributed by atoms with van der Waals surface area (Å²) in [5, 5.41) is 30.5. The first-order valence-corrected chi connectivity index (χ1v) is 11.4. The van der Waals surface area contributed by atoms with Gasteiger partial charge in [-0.05, 0) is 30.3 Å². The largest absolute Gasteiger partial charge is 0.487 e. The van der Waals surface area contributed by atoms with Gasteiger partial charge in [-0.2, -0.15) is 0 Å². The molecule has 6 rings (SSSR count). The zero-order chi connectivity index (χ0) is 23.0. The Kier molecular flexibility index (Phi) is 5.10. The first kappa shape index (κ1) is 20.6. The number of nitrogens with zero attached hydrogens (tertiary/aromatic N) is 5. The van der Waals surface area contributed by atoms with Crippen LogP contribution in [0.4, 0.5) is 17.5 Å². The van der Waals surface area contributed by atoms with Gasteiger partial charge in [0.2, 0.25) is 0 Å². The number of piperidine rings is 1. The van der Waals surface area contributed by atoms with Gasteiger partial charge >= 0.3 is 6.01 Å². The third kappa shape index (κ3) is 3.94. The number of para-hydroxylation sites is 2. The quantitative estimate of drug-likeness (QED) is 0.468. The minimum absolute atomic E-state index is 0.296. The second-order valence-corrected chi connectivity index (χ2v) is 8.71. The van der Waals surface area contributed by atoms with E-state index in [9.17, 15) is 5.11 Å². The normalized spacial score (nSPS) is 18.9. The van der Waals surface area contributed by atoms with Crippen molar-refractivity contribution >= 4 is 17.5 Å². The smallest absolute Gasteiger partial charge is 0.320 e. The van der Waals surface area contributed by atoms with Crippen molar-refractivity contribution in [3.63, 3.8) is 0 Å². The summed E-state index contributed by atoms with van der Waals surface area (Å²) >= 11 is 0. The van der Waals surface area contributed by atoms with Gasteiger partial charge in [0.15, 0.2) is 11.5 Å². The SMILES string of the molecule is OC1CC2(CCN(c3ccc(-c4nnc(Nc5ccccc5)o4)nn3)CC2)Oc2ccccc21. The summed E-state index contributed by atoms with van der Waals surface area (Å²) in [7, 11) is 0. The van der Waals surface area contributed by atoms with Crippen molar-refractivity contribution in [2.45, 2.75) is 31.0 Å². The van der Waals surface area contributed by atoms with Crippen LogP contribution in [0.25, 0.3) is 11.6 Å². The highest BCUT2D eigenvalue weighted by Gasteiger charge is 2.43. The van der Waals surface area contributed by atoms with Crippen LogP contribution >= 0.6 is 0 Å². The van der Waals surface area contributed by atoms with Crippen LogP contribution in [0.2, 0.25) is 0 Å². The summed E-state index contributed by atoms with van der Waals surface area (Å²) in [6, 6.07) is 21.4. The number of nitrogens with one attached hydrogen (secondary N) is 1. The number of anilines is 3. The fourth-order valence-electron chi connectivity index (χ4n) is 4.67. The maximum absolute atomic E-state index is 10.6. The Morgan fingerprint density at radius 1 is 0.882 bits per heavy atom. The lowest BCUT2D eigenvalue weighted by Crippen LogP contribution is -2.50. The van der Waals surface area contributed by atoms with E-state index in [0.717, 1.165) is 48.7 Å². The van der Waals surface area contributed by atoms with Crippen molar-refractivity contribution in [3.05, 3.63) is 72.3 Å². The number of hydrogen-bond donors (Lipinski definition) is 2. The van der Waals surface area contributed by atoms with Crippen LogP contribution in [-0.4, -0.2) is 44.2 Å². The van der Waals surface area contributed by atoms with Crippen molar-refractivity contribution in [1.29, 1.82) is 0 Å². The molecule has 9 heteroatoms. The van der Waals surface area contributed by atoms with E-state index in [4.69, 9.17) is 9.15 Å². The molecule has 0 radical (unpaired) electrons. The number of hydrogen-bond acceptors (Lipinski definition) is 9. The number of rotatable bonds is 4. The molecule has 2 aromatic heterocycles. The number of ether oxygens (including phenoxy) is 1. The number of aromatic nitrogens is 4. The molecule has 2 aliphatic rings. The van der Waals surface area contributed by atoms with E-state index in [1.165, 1.54) is 0 Å². The Morgan fingerprint density at radius 2 is 1.68 bits per heavy atom. The summed E-state index contributed by atoms with van der Waals surface area (Å²) in [6.07, 6.45) is 1.73. The van der Waals surface area contributed by atoms with Crippen molar-refractivity contribution in [1.82, 2.24) is 20.4 Å². The summed E-state index contributed by atoms with van der Waals surface area (Å²) in [4.78, 5) is 2.19. The monoisotopic (exact) mass is 456 g/mol. The van der Waals surface area contributed by atoms with Gasteiger partial charge in [0, 0.05) is 43.6 Å². The van der Waals surface area contributed by atoms with Crippen LogP contribution in [0.15, 0.2) is 71.1 Å². The molecular weight excluding hydrogens is 432 g/mol. The Balaban J connectivity index is 1.11. The molecule has 0 amide bonds. The van der Waals surface area contributed by atoms with Gasteiger partial charge in [0.1, 0.15) is 11.4 Å². The summed E-state index contributed by atoms with van der Waals surface area (Å²) in [5.41, 5.74) is 1.91. The number of aliphatic hydroxyl groups is 1. The van der Waals surface area contributed by atoms with Gasteiger partial charge in [-0.1, -0.05) is 41.5 Å². The Hall–Kier alpha value is -3.98. The predicted molar refractivity (Wildman–Crippen MR) is 126 cm³/mol. The highest BCUT2D eigenvalue weighted by Crippen LogP contribution is 2.44. The molecule has 4 heterocycles. The molecule has 1 saturated heterocycles. The highest BCUT2D eigenvalue weighted by atomic mass is 16.5. The zero-order valence-corrected chi connectivity index (χ0v) is 18.5. The molecule has 34 heavy (non-hydrogen) atoms. The second kappa shape index (κ2) is 8.42. The van der Waals surface area contributed by atoms with Crippen LogP contribution in [0.3, 0.4) is 0 Å². The van der Waals surface area contributed by atoms with E-state index in [1.807, 2.05) is 66.7 Å². The van der Waals surface area contributed by atoms with E-state index in [2.05, 4.69) is 30.6 Å². The Morgan fingerprint density at radius 3 is 2.47 bits per heavy atom. The molecule has 1 fully saturated rings. The number of fused-ring (bicyclic) bond motifs is 1. The van der Waals surface area contributed by atoms with Gasteiger partial charge in [0.25, 0.3) is 5.89 Å². The lowest BCUT2D eigenvalue weighted by atomic mass is 9.81. The molecule has 1 unspecified atom stereocenters. The maximum atomic E-state index is 10.6. The molecule has 4 aromatic rings. The molecule has 1 spiro atoms. The van der Waals surface area contributed by atoms with Crippen molar-refractivity contribution in [2.75, 3.05) is 23.3 Å². The van der Waals surface area contributed by atoms with Gasteiger partial charge in [0.05, 0.1) is 6.10 Å². The average molecular weight is 457 g/mol. The summed E-state index contributed by atoms with van der Waals surface area (Å²) in [6.45, 7) is 1.54. The highest BCUT2D eigenvalue weighted by molar-refractivity contribution is 5.54. The predicted octanol–water partition coefficient (Wildman–Crippen LogP) is 4.13. The van der Waals surface area contributed by atoms with E-state index >= 15 is 0 Å². The van der Waals surface area contributed by atoms with Crippen LogP contribution < -0.4 is 15.0 Å². The van der Waals surface area contributed by atoms with Gasteiger partial charge in [-0.15, -0.1) is 15.3 Å². The molecule has 0 aliphatic carbocycles. The fourth-order valence-corrected chi connectivity index (χ4v) is 4.67. The molecule has 2 aliphatic heterocycles. The molecule has 0 saturated carbocycles. The standard InChI is InChI=1S/C25H24N6O3/c32-20-16-25(34-21-9-5-4-8-18(20)21)12-14-31(15-13-25)22-11-10-19(27-28-22)23-29-30-24(33-23)26-17-6-2-1-3-7-17/h1-11,20,32H,12-16H2,(H,26,30). The summed E-state index contributed by atoms with van der Waals surface area (Å²) < 4.78 is 12.1. The second-order valence-electron chi connectivity index (χ2n) is 8.71. The van der Waals surface area contributed by atoms with Crippen LogP contribution in [0, 0.1) is 0 Å². The Bertz CT molecular complexity index is 1270. The van der Waals surface area contributed by atoms with E-state index in [-0.39, 0.29) is 5.60 Å². The molecule has 1 atom stereocenters. The van der Waals surface area contributed by atoms with E-state index < -0.39 is 6.10 Å². The van der Waals surface area contributed by atoms with Gasteiger partial charge in [-0.3, -0.25) is 0 Å². The summed E-state index contributed by atoms with van der Waals surface area (Å²) in [5.74, 6) is 1.88. The molecule has 0 bridgehead atoms. The average Bonchev–Trinajstić information content (AvgIpc) is 3.34. The molecule has 2 aromatic carbocycles. The number of aliphatic hydroxyl groups excluding tert-OH is 1. The minimum Gasteiger partial charge on any atom is -0.487 e. The molecule has 2 N–H and O–H groups in total. The third-order valence-electron chi connectivity index (χ3n) is 6.49. The van der Waals surface area contributed by atoms with Crippen molar-refractivity contribution in [2.24, 2.45) is 0 Å². The molecule has 172 valence electrons. The van der Waals surface area contributed by atoms with Crippen LogP contribution in [-0.2, 0) is 0 Å². The fraction of sp³-hybridized carbons (Fsp3) is 0.280. The zero-order valence-electron chi connectivity index (χ0n) is 18.5. The topological polar surface area (TPSA) is 109 Å². The first-order chi connectivity index (χ1) is 16.7. The third-order valence-corrected chi connectivity index (χ3v) is 6.49. The lowest BCUT2D eigenvalue weighted by molar-refractivity contribution is -0.0300. The number of benzene rings is 2. The van der Waals surface area contributed by atoms with E-state index in [0.29, 0.717) is 24.0 Å². The first-order valence-electron chi connectivity index (χ1n) is 11.4. The van der Waals surface area contributed by atoms with Crippen LogP contribution in [0.1, 0.15) is 30.9 Å². The van der Waals surface area contributed by atoms with Crippen molar-refractivity contribution < 1.29 is 14.3 Å². The molecule has 9 nitrogen and oxygen atoms in total. The Labute approximate surface area is 196 Å². The van der Waals surface area contributed by atoms with E-state index in [1.54, 1.807) is 0 Å². The van der Waals surface area contributed by atoms with Crippen molar-refractivity contribution in [3.8, 4) is 17.3 Å². The lowest BCUT2D eigenvalue weighted by Gasteiger charge is -2.46. The minimum atomic E-state index is -0.494. The van der Waals surface area contributed by atoms with Gasteiger partial charge in [-0.25, -0.2) is 0 Å². The van der Waals surface area contributed by atoms with Crippen LogP contribution in [0.5, 0.6) is 5.75 Å².